The van der Waals surface area contributed by atoms with Crippen LogP contribution in [0.2, 0.25) is 0 Å². The minimum atomic E-state index is -0.447. The molecule has 3 aromatic carbocycles. The molecule has 1 fully saturated rings. The van der Waals surface area contributed by atoms with E-state index < -0.39 is 11.1 Å². The molecule has 0 bridgehead atoms. The van der Waals surface area contributed by atoms with Crippen LogP contribution < -0.4 is 5.32 Å². The highest BCUT2D eigenvalue weighted by Crippen LogP contribution is 2.32. The lowest BCUT2D eigenvalue weighted by atomic mass is 10.0. The van der Waals surface area contributed by atoms with Gasteiger partial charge in [-0.15, -0.1) is 0 Å². The standard InChI is InChI=1S/C25H20N2O3S/c28-23(26-16-19-7-3-1-4-8-19)17-27-24(29)22(31-25(27)30)15-18-11-13-21(14-12-18)20-9-5-2-6-10-20/h1-15H,16-17H2,(H,26,28)/b22-15-. The van der Waals surface area contributed by atoms with E-state index in [-0.39, 0.29) is 12.5 Å². The summed E-state index contributed by atoms with van der Waals surface area (Å²) in [5, 5.41) is 2.30. The second kappa shape index (κ2) is 9.45. The molecule has 6 heteroatoms. The summed E-state index contributed by atoms with van der Waals surface area (Å²) in [6.45, 7) is 0.0568. The summed E-state index contributed by atoms with van der Waals surface area (Å²) >= 11 is 0.852. The molecule has 1 saturated heterocycles. The van der Waals surface area contributed by atoms with Gasteiger partial charge in [0.1, 0.15) is 6.54 Å². The molecule has 1 aliphatic rings. The third kappa shape index (κ3) is 5.10. The Morgan fingerprint density at radius 3 is 2.13 bits per heavy atom. The van der Waals surface area contributed by atoms with Crippen LogP contribution in [0.1, 0.15) is 11.1 Å². The first kappa shape index (κ1) is 20.6. The zero-order valence-corrected chi connectivity index (χ0v) is 17.5. The predicted octanol–water partition coefficient (Wildman–Crippen LogP) is 4.71. The Kier molecular flexibility index (Phi) is 6.29. The van der Waals surface area contributed by atoms with Crippen molar-refractivity contribution in [2.24, 2.45) is 0 Å². The van der Waals surface area contributed by atoms with Gasteiger partial charge in [0.2, 0.25) is 5.91 Å². The van der Waals surface area contributed by atoms with Gasteiger partial charge in [0.15, 0.2) is 0 Å². The van der Waals surface area contributed by atoms with E-state index in [1.165, 1.54) is 0 Å². The fourth-order valence-electron chi connectivity index (χ4n) is 3.19. The average Bonchev–Trinajstić information content (AvgIpc) is 3.07. The molecule has 31 heavy (non-hydrogen) atoms. The molecule has 1 aliphatic heterocycles. The van der Waals surface area contributed by atoms with E-state index in [0.717, 1.165) is 38.9 Å². The number of amides is 3. The first-order valence-electron chi connectivity index (χ1n) is 9.81. The number of hydrogen-bond acceptors (Lipinski definition) is 4. The smallest absolute Gasteiger partial charge is 0.294 e. The van der Waals surface area contributed by atoms with Gasteiger partial charge in [0, 0.05) is 6.54 Å². The Morgan fingerprint density at radius 2 is 1.45 bits per heavy atom. The summed E-state index contributed by atoms with van der Waals surface area (Å²) in [5.74, 6) is -0.823. The van der Waals surface area contributed by atoms with Gasteiger partial charge in [-0.25, -0.2) is 0 Å². The van der Waals surface area contributed by atoms with E-state index in [1.54, 1.807) is 6.08 Å². The zero-order valence-electron chi connectivity index (χ0n) is 16.7. The van der Waals surface area contributed by atoms with Gasteiger partial charge < -0.3 is 5.32 Å². The molecule has 0 spiro atoms. The van der Waals surface area contributed by atoms with Crippen LogP contribution in [-0.2, 0) is 16.1 Å². The summed E-state index contributed by atoms with van der Waals surface area (Å²) < 4.78 is 0. The van der Waals surface area contributed by atoms with Crippen molar-refractivity contribution < 1.29 is 14.4 Å². The summed E-state index contributed by atoms with van der Waals surface area (Å²) in [6.07, 6.45) is 1.68. The van der Waals surface area contributed by atoms with Gasteiger partial charge in [0.05, 0.1) is 4.91 Å². The third-order valence-corrected chi connectivity index (χ3v) is 5.73. The van der Waals surface area contributed by atoms with Crippen molar-refractivity contribution in [2.45, 2.75) is 6.54 Å². The fraction of sp³-hybridized carbons (Fsp3) is 0.0800. The lowest BCUT2D eigenvalue weighted by Gasteiger charge is -2.12. The minimum Gasteiger partial charge on any atom is -0.350 e. The number of nitrogens with one attached hydrogen (secondary N) is 1. The van der Waals surface area contributed by atoms with Crippen LogP contribution >= 0.6 is 11.8 Å². The van der Waals surface area contributed by atoms with Crippen molar-refractivity contribution in [3.05, 3.63) is 101 Å². The second-order valence-electron chi connectivity index (χ2n) is 7.02. The molecule has 0 unspecified atom stereocenters. The second-order valence-corrected chi connectivity index (χ2v) is 8.01. The van der Waals surface area contributed by atoms with E-state index in [4.69, 9.17) is 0 Å². The molecular weight excluding hydrogens is 408 g/mol. The minimum absolute atomic E-state index is 0.290. The highest BCUT2D eigenvalue weighted by Gasteiger charge is 2.36. The van der Waals surface area contributed by atoms with Gasteiger partial charge in [-0.2, -0.15) is 0 Å². The highest BCUT2D eigenvalue weighted by atomic mass is 32.2. The van der Waals surface area contributed by atoms with Crippen LogP contribution in [-0.4, -0.2) is 28.5 Å². The van der Waals surface area contributed by atoms with Crippen LogP contribution in [0.25, 0.3) is 17.2 Å². The third-order valence-electron chi connectivity index (χ3n) is 4.82. The normalized spacial score (nSPS) is 14.8. The Balaban J connectivity index is 1.39. The Hall–Kier alpha value is -3.64. The monoisotopic (exact) mass is 428 g/mol. The van der Waals surface area contributed by atoms with Gasteiger partial charge in [-0.1, -0.05) is 84.9 Å². The van der Waals surface area contributed by atoms with Crippen LogP contribution in [0, 0.1) is 0 Å². The summed E-state index contributed by atoms with van der Waals surface area (Å²) in [4.78, 5) is 38.4. The van der Waals surface area contributed by atoms with Gasteiger partial charge in [0.25, 0.3) is 11.1 Å². The number of imide groups is 1. The first-order valence-corrected chi connectivity index (χ1v) is 10.6. The largest absolute Gasteiger partial charge is 0.350 e. The maximum absolute atomic E-state index is 12.7. The maximum atomic E-state index is 12.7. The van der Waals surface area contributed by atoms with Crippen molar-refractivity contribution >= 4 is 34.9 Å². The Labute approximate surface area is 184 Å². The van der Waals surface area contributed by atoms with Crippen molar-refractivity contribution in [3.8, 4) is 11.1 Å². The molecule has 1 N–H and O–H groups in total. The summed E-state index contributed by atoms with van der Waals surface area (Å²) in [7, 11) is 0. The predicted molar refractivity (Wildman–Crippen MR) is 123 cm³/mol. The highest BCUT2D eigenvalue weighted by molar-refractivity contribution is 8.18. The fourth-order valence-corrected chi connectivity index (χ4v) is 4.02. The molecule has 154 valence electrons. The van der Waals surface area contributed by atoms with E-state index >= 15 is 0 Å². The lowest BCUT2D eigenvalue weighted by molar-refractivity contribution is -0.129. The van der Waals surface area contributed by atoms with E-state index in [2.05, 4.69) is 5.32 Å². The molecule has 5 nitrogen and oxygen atoms in total. The number of thioether (sulfide) groups is 1. The van der Waals surface area contributed by atoms with Crippen molar-refractivity contribution in [2.75, 3.05) is 6.54 Å². The number of carbonyl (C=O) groups excluding carboxylic acids is 3. The molecule has 0 radical (unpaired) electrons. The van der Waals surface area contributed by atoms with Gasteiger partial charge in [-0.3, -0.25) is 19.3 Å². The first-order chi connectivity index (χ1) is 15.1. The Morgan fingerprint density at radius 1 is 0.839 bits per heavy atom. The molecule has 3 amide bonds. The summed E-state index contributed by atoms with van der Waals surface area (Å²) in [5.41, 5.74) is 3.94. The van der Waals surface area contributed by atoms with Crippen molar-refractivity contribution in [1.29, 1.82) is 0 Å². The number of benzene rings is 3. The van der Waals surface area contributed by atoms with Gasteiger partial charge in [-0.05, 0) is 40.1 Å². The summed E-state index contributed by atoms with van der Waals surface area (Å²) in [6, 6.07) is 27.2. The Bertz CT molecular complexity index is 1130. The number of rotatable bonds is 6. The quantitative estimate of drug-likeness (QED) is 0.578. The van der Waals surface area contributed by atoms with Crippen LogP contribution in [0.3, 0.4) is 0 Å². The topological polar surface area (TPSA) is 66.5 Å². The van der Waals surface area contributed by atoms with E-state index in [9.17, 15) is 14.4 Å². The average molecular weight is 429 g/mol. The molecular formula is C25H20N2O3S. The number of hydrogen-bond donors (Lipinski definition) is 1. The number of carbonyl (C=O) groups is 3. The zero-order chi connectivity index (χ0) is 21.6. The van der Waals surface area contributed by atoms with Crippen LogP contribution in [0.15, 0.2) is 89.8 Å². The molecule has 1 heterocycles. The molecule has 3 aromatic rings. The van der Waals surface area contributed by atoms with Crippen molar-refractivity contribution in [1.82, 2.24) is 10.2 Å². The maximum Gasteiger partial charge on any atom is 0.294 e. The molecule has 0 aliphatic carbocycles. The molecule has 4 rings (SSSR count). The molecule has 0 atom stereocenters. The molecule has 0 saturated carbocycles. The number of nitrogens with zero attached hydrogens (tertiary/aromatic N) is 1. The van der Waals surface area contributed by atoms with Crippen LogP contribution in [0.4, 0.5) is 4.79 Å². The van der Waals surface area contributed by atoms with E-state index in [0.29, 0.717) is 11.4 Å². The lowest BCUT2D eigenvalue weighted by Crippen LogP contribution is -2.39. The molecule has 0 aromatic heterocycles. The van der Waals surface area contributed by atoms with E-state index in [1.807, 2.05) is 84.9 Å². The van der Waals surface area contributed by atoms with Gasteiger partial charge >= 0.3 is 0 Å². The van der Waals surface area contributed by atoms with Crippen LogP contribution in [0.5, 0.6) is 0 Å². The van der Waals surface area contributed by atoms with Crippen molar-refractivity contribution in [3.63, 3.8) is 0 Å². The SMILES string of the molecule is O=C(CN1C(=O)S/C(=C\c2ccc(-c3ccccc3)cc2)C1=O)NCc1ccccc1.